The molecule has 6 aliphatic rings. The summed E-state index contributed by atoms with van der Waals surface area (Å²) in [4.78, 5) is 33.5. The molecular weight excluding hydrogens is 578 g/mol. The Labute approximate surface area is 261 Å². The largest absolute Gasteiger partial charge is 0.387 e. The van der Waals surface area contributed by atoms with Gasteiger partial charge in [0, 0.05) is 53.0 Å². The number of piperidine rings is 3. The third-order valence-electron chi connectivity index (χ3n) is 9.13. The summed E-state index contributed by atoms with van der Waals surface area (Å²) in [5.74, 6) is 1.24. The average Bonchev–Trinajstić information content (AvgIpc) is 3.22. The van der Waals surface area contributed by atoms with Crippen molar-refractivity contribution in [3.8, 4) is 0 Å². The Morgan fingerprint density at radius 2 is 2.00 bits per heavy atom. The molecule has 2 aromatic carbocycles. The minimum absolute atomic E-state index is 0.0664. The number of dihydropyridines is 1. The number of rotatable bonds is 5. The van der Waals surface area contributed by atoms with Crippen molar-refractivity contribution >= 4 is 40.8 Å². The van der Waals surface area contributed by atoms with Gasteiger partial charge in [0.15, 0.2) is 0 Å². The van der Waals surface area contributed by atoms with E-state index in [0.29, 0.717) is 39.4 Å². The number of fused-ring (bicyclic) bond motifs is 5. The minimum Gasteiger partial charge on any atom is -0.387 e. The van der Waals surface area contributed by atoms with Crippen LogP contribution in [0.5, 0.6) is 0 Å². The predicted molar refractivity (Wildman–Crippen MR) is 174 cm³/mol. The fourth-order valence-electron chi connectivity index (χ4n) is 6.87. The maximum Gasteiger partial charge on any atom is 0.270 e. The number of amides is 1. The SMILES string of the molecule is C=C[C@H]1CN2CC[C@H]1C[C@@H]2[C@@H](O)C1=CC=NC2C=CC=CC12.O=C1CN=C(c2ccccc2Cl)c2cc([N+](=O)[O-])ccc2N1. The van der Waals surface area contributed by atoms with Crippen LogP contribution < -0.4 is 5.32 Å². The summed E-state index contributed by atoms with van der Waals surface area (Å²) in [5.41, 5.74) is 3.10. The van der Waals surface area contributed by atoms with Gasteiger partial charge in [0.25, 0.3) is 5.69 Å². The predicted octanol–water partition coefficient (Wildman–Crippen LogP) is 5.40. The molecule has 8 rings (SSSR count). The Kier molecular flexibility index (Phi) is 8.70. The maximum atomic E-state index is 11.7. The summed E-state index contributed by atoms with van der Waals surface area (Å²) in [7, 11) is 0. The van der Waals surface area contributed by atoms with Crippen molar-refractivity contribution in [2.75, 3.05) is 25.0 Å². The Morgan fingerprint density at radius 3 is 2.75 bits per heavy atom. The average molecular weight is 612 g/mol. The number of benzodiazepines with no additional fused rings is 1. The lowest BCUT2D eigenvalue weighted by Gasteiger charge is -2.51. The number of aliphatic hydroxyl groups is 1. The number of nitro benzene ring substituents is 1. The van der Waals surface area contributed by atoms with Crippen LogP contribution in [0.4, 0.5) is 11.4 Å². The lowest BCUT2D eigenvalue weighted by molar-refractivity contribution is -0.384. The molecule has 2 bridgehead atoms. The number of carbonyl (C=O) groups is 1. The van der Waals surface area contributed by atoms with Crippen molar-refractivity contribution in [3.63, 3.8) is 0 Å². The van der Waals surface area contributed by atoms with Crippen LogP contribution in [0, 0.1) is 27.9 Å². The van der Waals surface area contributed by atoms with Crippen LogP contribution in [0.1, 0.15) is 24.0 Å². The molecule has 226 valence electrons. The molecule has 0 spiro atoms. The van der Waals surface area contributed by atoms with Gasteiger partial charge in [-0.05, 0) is 55.0 Å². The first-order chi connectivity index (χ1) is 21.3. The van der Waals surface area contributed by atoms with E-state index in [4.69, 9.17) is 11.6 Å². The highest BCUT2D eigenvalue weighted by Crippen LogP contribution is 2.41. The molecular formula is C34H34ClN5O4. The fraction of sp³-hybridized carbons (Fsp3) is 0.324. The summed E-state index contributed by atoms with van der Waals surface area (Å²) < 4.78 is 0. The zero-order chi connectivity index (χ0) is 30.8. The molecule has 7 atom stereocenters. The van der Waals surface area contributed by atoms with Gasteiger partial charge in [-0.2, -0.15) is 0 Å². The lowest BCUT2D eigenvalue weighted by Crippen LogP contribution is -2.57. The molecule has 1 amide bonds. The second kappa shape index (κ2) is 12.8. The van der Waals surface area contributed by atoms with Crippen LogP contribution in [0.25, 0.3) is 0 Å². The maximum absolute atomic E-state index is 11.7. The molecule has 3 unspecified atom stereocenters. The molecule has 3 fully saturated rings. The highest BCUT2D eigenvalue weighted by Gasteiger charge is 2.44. The van der Waals surface area contributed by atoms with Crippen LogP contribution in [0.2, 0.25) is 5.02 Å². The number of anilines is 1. The summed E-state index contributed by atoms with van der Waals surface area (Å²) in [6.45, 7) is 6.09. The number of carbonyl (C=O) groups excluding carboxylic acids is 1. The van der Waals surface area contributed by atoms with E-state index in [1.165, 1.54) is 24.6 Å². The van der Waals surface area contributed by atoms with Gasteiger partial charge < -0.3 is 10.4 Å². The summed E-state index contributed by atoms with van der Waals surface area (Å²) in [5, 5.41) is 25.2. The van der Waals surface area contributed by atoms with Gasteiger partial charge in [-0.1, -0.05) is 60.2 Å². The van der Waals surface area contributed by atoms with Gasteiger partial charge in [0.1, 0.15) is 6.54 Å². The normalized spacial score (nSPS) is 28.6. The van der Waals surface area contributed by atoms with E-state index in [9.17, 15) is 20.0 Å². The van der Waals surface area contributed by atoms with E-state index in [2.05, 4.69) is 57.2 Å². The number of aliphatic imine (C=N–C) groups is 2. The molecule has 0 saturated carbocycles. The van der Waals surface area contributed by atoms with Crippen molar-refractivity contribution in [2.45, 2.75) is 31.0 Å². The van der Waals surface area contributed by atoms with Crippen LogP contribution in [-0.4, -0.2) is 70.6 Å². The standard InChI is InChI=1S/C19H24N2O.C15H10ClN3O3/c1-2-13-12-21-10-8-14(13)11-18(21)19(22)16-7-9-20-17-6-4-3-5-15(16)17;16-12-4-2-1-3-10(12)15-11-7-9(19(21)22)5-6-13(11)18-14(20)8-17-15/h2-7,9,13-15,17-19,22H,1,8,10-12H2;1-7H,8H2,(H,18,20)/t13-,14-,15?,17?,18+,19-;/m0./s1. The number of nitro groups is 1. The fourth-order valence-corrected chi connectivity index (χ4v) is 7.09. The minimum atomic E-state index is -0.489. The van der Waals surface area contributed by atoms with Gasteiger partial charge in [-0.3, -0.25) is 29.8 Å². The second-order valence-corrected chi connectivity index (χ2v) is 12.0. The Hall–Kier alpha value is -4.18. The van der Waals surface area contributed by atoms with Crippen LogP contribution in [0.3, 0.4) is 0 Å². The second-order valence-electron chi connectivity index (χ2n) is 11.6. The van der Waals surface area contributed by atoms with E-state index >= 15 is 0 Å². The molecule has 2 N–H and O–H groups in total. The third-order valence-corrected chi connectivity index (χ3v) is 9.46. The molecule has 2 aromatic rings. The van der Waals surface area contributed by atoms with Crippen molar-refractivity contribution in [2.24, 2.45) is 27.7 Å². The number of benzene rings is 2. The van der Waals surface area contributed by atoms with E-state index in [1.807, 2.05) is 12.3 Å². The molecule has 9 nitrogen and oxygen atoms in total. The molecule has 1 aliphatic carbocycles. The molecule has 5 aliphatic heterocycles. The number of aliphatic hydroxyl groups excluding tert-OH is 1. The number of allylic oxidation sites excluding steroid dienone is 3. The molecule has 3 saturated heterocycles. The molecule has 5 heterocycles. The Morgan fingerprint density at radius 1 is 1.18 bits per heavy atom. The lowest BCUT2D eigenvalue weighted by atomic mass is 9.72. The number of nitrogens with one attached hydrogen (secondary N) is 1. The molecule has 44 heavy (non-hydrogen) atoms. The van der Waals surface area contributed by atoms with E-state index in [-0.39, 0.29) is 42.2 Å². The number of nitrogens with zero attached hydrogens (tertiary/aromatic N) is 4. The van der Waals surface area contributed by atoms with Gasteiger partial charge in [-0.25, -0.2) is 0 Å². The smallest absolute Gasteiger partial charge is 0.270 e. The summed E-state index contributed by atoms with van der Waals surface area (Å²) >= 11 is 6.20. The van der Waals surface area contributed by atoms with Crippen LogP contribution in [0.15, 0.2) is 101 Å². The monoisotopic (exact) mass is 611 g/mol. The first kappa shape index (κ1) is 29.9. The topological polar surface area (TPSA) is 120 Å². The number of hydrogen-bond donors (Lipinski definition) is 2. The van der Waals surface area contributed by atoms with Gasteiger partial charge in [0.2, 0.25) is 5.91 Å². The first-order valence-electron chi connectivity index (χ1n) is 14.8. The van der Waals surface area contributed by atoms with Gasteiger partial charge >= 0.3 is 0 Å². The highest BCUT2D eigenvalue weighted by molar-refractivity contribution is 6.36. The highest BCUT2D eigenvalue weighted by atomic mass is 35.5. The first-order valence-corrected chi connectivity index (χ1v) is 15.2. The van der Waals surface area contributed by atoms with Gasteiger partial charge in [-0.15, -0.1) is 6.58 Å². The number of hydrogen-bond acceptors (Lipinski definition) is 7. The van der Waals surface area contributed by atoms with Crippen LogP contribution >= 0.6 is 11.6 Å². The Balaban J connectivity index is 0.000000156. The third kappa shape index (κ3) is 5.95. The number of halogens is 1. The van der Waals surface area contributed by atoms with E-state index in [0.717, 1.165) is 25.1 Å². The van der Waals surface area contributed by atoms with E-state index < -0.39 is 4.92 Å². The summed E-state index contributed by atoms with van der Waals surface area (Å²) in [6.07, 6.45) is 16.4. The Bertz CT molecular complexity index is 1630. The molecule has 0 radical (unpaired) electrons. The van der Waals surface area contributed by atoms with E-state index in [1.54, 1.807) is 24.3 Å². The van der Waals surface area contributed by atoms with Crippen molar-refractivity contribution in [3.05, 3.63) is 117 Å². The van der Waals surface area contributed by atoms with Crippen molar-refractivity contribution < 1.29 is 14.8 Å². The van der Waals surface area contributed by atoms with Crippen LogP contribution in [-0.2, 0) is 4.79 Å². The summed E-state index contributed by atoms with van der Waals surface area (Å²) in [6, 6.07) is 11.7. The molecule has 10 heteroatoms. The quantitative estimate of drug-likeness (QED) is 0.266. The van der Waals surface area contributed by atoms with Crippen molar-refractivity contribution in [1.82, 2.24) is 4.90 Å². The number of non-ortho nitro benzene ring substituents is 1. The van der Waals surface area contributed by atoms with Gasteiger partial charge in [0.05, 0.1) is 28.5 Å². The molecule has 0 aromatic heterocycles. The zero-order valence-electron chi connectivity index (χ0n) is 24.1. The van der Waals surface area contributed by atoms with Crippen molar-refractivity contribution in [1.29, 1.82) is 0 Å². The zero-order valence-corrected chi connectivity index (χ0v) is 24.9.